The molecule has 158 valence electrons. The van der Waals surface area contributed by atoms with Gasteiger partial charge in [0.25, 0.3) is 6.43 Å². The average Bonchev–Trinajstić information content (AvgIpc) is 3.15. The lowest BCUT2D eigenvalue weighted by Crippen LogP contribution is -2.60. The van der Waals surface area contributed by atoms with Crippen molar-refractivity contribution in [3.05, 3.63) is 23.7 Å². The zero-order valence-electron chi connectivity index (χ0n) is 16.3. The van der Waals surface area contributed by atoms with Crippen LogP contribution in [0.3, 0.4) is 0 Å². The van der Waals surface area contributed by atoms with Crippen LogP contribution < -0.4 is 15.4 Å². The van der Waals surface area contributed by atoms with E-state index in [1.165, 1.54) is 6.92 Å². The van der Waals surface area contributed by atoms with Crippen molar-refractivity contribution >= 4 is 27.6 Å². The topological polar surface area (TPSA) is 66.5 Å². The molecule has 1 saturated heterocycles. The first-order valence-electron chi connectivity index (χ1n) is 10.1. The second kappa shape index (κ2) is 8.79. The van der Waals surface area contributed by atoms with Crippen molar-refractivity contribution in [3.63, 3.8) is 0 Å². The van der Waals surface area contributed by atoms with E-state index in [0.717, 1.165) is 41.6 Å². The van der Waals surface area contributed by atoms with Crippen LogP contribution in [0.25, 0.3) is 10.2 Å². The third kappa shape index (κ3) is 4.78. The van der Waals surface area contributed by atoms with Crippen molar-refractivity contribution < 1.29 is 18.3 Å². The van der Waals surface area contributed by atoms with Crippen LogP contribution in [0.4, 0.5) is 13.6 Å². The molecular formula is C20H26F2N4O2S. The molecule has 4 rings (SSSR count). The van der Waals surface area contributed by atoms with E-state index in [4.69, 9.17) is 4.74 Å². The van der Waals surface area contributed by atoms with Gasteiger partial charge in [0, 0.05) is 12.1 Å². The molecular weight excluding hydrogens is 398 g/mol. The van der Waals surface area contributed by atoms with Gasteiger partial charge in [-0.05, 0) is 44.7 Å². The highest BCUT2D eigenvalue weighted by Gasteiger charge is 2.34. The minimum absolute atomic E-state index is 0.0242. The third-order valence-corrected chi connectivity index (χ3v) is 6.48. The van der Waals surface area contributed by atoms with Crippen molar-refractivity contribution in [2.75, 3.05) is 13.1 Å². The summed E-state index contributed by atoms with van der Waals surface area (Å²) >= 11 is 1.58. The molecule has 1 aliphatic heterocycles. The summed E-state index contributed by atoms with van der Waals surface area (Å²) in [6, 6.07) is 5.21. The number of fused-ring (bicyclic) bond motifs is 1. The molecule has 6 nitrogen and oxygen atoms in total. The quantitative estimate of drug-likeness (QED) is 0.743. The summed E-state index contributed by atoms with van der Waals surface area (Å²) in [5, 5.41) is 6.06. The number of benzene rings is 1. The molecule has 9 heteroatoms. The van der Waals surface area contributed by atoms with Crippen LogP contribution in [-0.4, -0.2) is 59.7 Å². The van der Waals surface area contributed by atoms with Gasteiger partial charge in [-0.1, -0.05) is 6.07 Å². The number of amides is 2. The van der Waals surface area contributed by atoms with E-state index in [1.54, 1.807) is 21.7 Å². The minimum Gasteiger partial charge on any atom is -0.484 e. The first-order chi connectivity index (χ1) is 14.0. The molecule has 29 heavy (non-hydrogen) atoms. The predicted octanol–water partition coefficient (Wildman–Crippen LogP) is 3.62. The molecule has 2 amide bonds. The van der Waals surface area contributed by atoms with Crippen molar-refractivity contribution in [3.8, 4) is 5.75 Å². The van der Waals surface area contributed by atoms with Crippen LogP contribution >= 0.6 is 11.3 Å². The molecule has 2 aliphatic rings. The van der Waals surface area contributed by atoms with Gasteiger partial charge in [0.2, 0.25) is 0 Å². The normalized spacial score (nSPS) is 23.8. The molecule has 0 spiro atoms. The van der Waals surface area contributed by atoms with Crippen LogP contribution in [0.15, 0.2) is 23.7 Å². The number of alkyl halides is 2. The number of likely N-dealkylation sites (tertiary alicyclic amines) is 1. The maximum atomic E-state index is 12.7. The summed E-state index contributed by atoms with van der Waals surface area (Å²) in [5.74, 6) is 0.762. The van der Waals surface area contributed by atoms with E-state index in [0.29, 0.717) is 13.1 Å². The Labute approximate surface area is 172 Å². The Kier molecular flexibility index (Phi) is 6.15. The van der Waals surface area contributed by atoms with Gasteiger partial charge in [-0.3, -0.25) is 0 Å². The molecule has 1 saturated carbocycles. The molecule has 2 fully saturated rings. The van der Waals surface area contributed by atoms with Gasteiger partial charge in [-0.25, -0.2) is 18.6 Å². The van der Waals surface area contributed by atoms with Gasteiger partial charge in [-0.15, -0.1) is 11.3 Å². The summed E-state index contributed by atoms with van der Waals surface area (Å²) in [6.07, 6.45) is 0.828. The van der Waals surface area contributed by atoms with Gasteiger partial charge in [-0.2, -0.15) is 0 Å². The standard InChI is InChI=1S/C20H26F2N4O2S/c1-12(19(21)22)24-13-5-7-14(8-6-13)25-20(27)26-9-15(10-26)28-16-3-2-4-17-18(16)23-11-29-17/h2-4,11-15,19,24H,5-10H2,1H3,(H,25,27). The number of urea groups is 1. The zero-order chi connectivity index (χ0) is 20.4. The van der Waals surface area contributed by atoms with Gasteiger partial charge >= 0.3 is 6.03 Å². The zero-order valence-corrected chi connectivity index (χ0v) is 17.1. The number of carbonyl (C=O) groups excluding carboxylic acids is 1. The van der Waals surface area contributed by atoms with E-state index < -0.39 is 12.5 Å². The Morgan fingerprint density at radius 2 is 1.97 bits per heavy atom. The predicted molar refractivity (Wildman–Crippen MR) is 109 cm³/mol. The second-order valence-corrected chi connectivity index (χ2v) is 8.77. The van der Waals surface area contributed by atoms with Crippen LogP contribution in [0.2, 0.25) is 0 Å². The van der Waals surface area contributed by atoms with Gasteiger partial charge in [0.15, 0.2) is 0 Å². The number of ether oxygens (including phenoxy) is 1. The fourth-order valence-corrected chi connectivity index (χ4v) is 4.62. The first-order valence-corrected chi connectivity index (χ1v) is 11.0. The molecule has 1 aromatic heterocycles. The molecule has 1 aliphatic carbocycles. The summed E-state index contributed by atoms with van der Waals surface area (Å²) in [4.78, 5) is 18.5. The molecule has 0 radical (unpaired) electrons. The van der Waals surface area contributed by atoms with Crippen molar-refractivity contribution in [1.82, 2.24) is 20.5 Å². The van der Waals surface area contributed by atoms with Crippen LogP contribution in [0.1, 0.15) is 32.6 Å². The number of nitrogens with one attached hydrogen (secondary N) is 2. The smallest absolute Gasteiger partial charge is 0.317 e. The summed E-state index contributed by atoms with van der Waals surface area (Å²) in [6.45, 7) is 2.61. The van der Waals surface area contributed by atoms with Crippen LogP contribution in [0, 0.1) is 0 Å². The van der Waals surface area contributed by atoms with Crippen molar-refractivity contribution in [2.24, 2.45) is 0 Å². The highest BCUT2D eigenvalue weighted by Crippen LogP contribution is 2.29. The highest BCUT2D eigenvalue weighted by atomic mass is 32.1. The number of rotatable bonds is 6. The molecule has 0 bridgehead atoms. The van der Waals surface area contributed by atoms with Crippen LogP contribution in [-0.2, 0) is 0 Å². The summed E-state index contributed by atoms with van der Waals surface area (Å²) in [7, 11) is 0. The maximum absolute atomic E-state index is 12.7. The van der Waals surface area contributed by atoms with Crippen molar-refractivity contribution in [1.29, 1.82) is 0 Å². The molecule has 1 aromatic carbocycles. The monoisotopic (exact) mass is 424 g/mol. The molecule has 2 heterocycles. The Balaban J connectivity index is 1.18. The molecule has 1 atom stereocenters. The number of thiazole rings is 1. The fraction of sp³-hybridized carbons (Fsp3) is 0.600. The summed E-state index contributed by atoms with van der Waals surface area (Å²) < 4.78 is 32.4. The Bertz CT molecular complexity index is 835. The van der Waals surface area contributed by atoms with E-state index >= 15 is 0 Å². The van der Waals surface area contributed by atoms with Gasteiger partial charge < -0.3 is 20.3 Å². The third-order valence-electron chi connectivity index (χ3n) is 5.68. The van der Waals surface area contributed by atoms with Crippen LogP contribution in [0.5, 0.6) is 5.75 Å². The SMILES string of the molecule is CC(NC1CCC(NC(=O)N2CC(Oc3cccc4scnc34)C2)CC1)C(F)F. The Morgan fingerprint density at radius 1 is 1.24 bits per heavy atom. The van der Waals surface area contributed by atoms with E-state index in [1.807, 2.05) is 18.2 Å². The lowest BCUT2D eigenvalue weighted by Gasteiger charge is -2.40. The van der Waals surface area contributed by atoms with Gasteiger partial charge in [0.1, 0.15) is 17.4 Å². The maximum Gasteiger partial charge on any atom is 0.317 e. The second-order valence-electron chi connectivity index (χ2n) is 7.89. The number of hydrogen-bond acceptors (Lipinski definition) is 5. The van der Waals surface area contributed by atoms with E-state index in [-0.39, 0.29) is 24.2 Å². The number of hydrogen-bond donors (Lipinski definition) is 2. The number of nitrogens with zero attached hydrogens (tertiary/aromatic N) is 2. The molecule has 2 aromatic rings. The molecule has 2 N–H and O–H groups in total. The first kappa shape index (κ1) is 20.3. The lowest BCUT2D eigenvalue weighted by molar-refractivity contribution is 0.0435. The Hall–Kier alpha value is -2.00. The number of carbonyl (C=O) groups is 1. The lowest BCUT2D eigenvalue weighted by atomic mass is 9.91. The average molecular weight is 425 g/mol. The summed E-state index contributed by atoms with van der Waals surface area (Å²) in [5.41, 5.74) is 2.67. The number of para-hydroxylation sites is 1. The number of aromatic nitrogens is 1. The minimum atomic E-state index is -2.35. The van der Waals surface area contributed by atoms with Crippen molar-refractivity contribution in [2.45, 2.75) is 63.3 Å². The number of halogens is 2. The highest BCUT2D eigenvalue weighted by molar-refractivity contribution is 7.16. The fourth-order valence-electron chi connectivity index (χ4n) is 3.93. The Morgan fingerprint density at radius 3 is 2.69 bits per heavy atom. The molecule has 1 unspecified atom stereocenters. The van der Waals surface area contributed by atoms with E-state index in [2.05, 4.69) is 15.6 Å². The van der Waals surface area contributed by atoms with E-state index in [9.17, 15) is 13.6 Å². The van der Waals surface area contributed by atoms with Gasteiger partial charge in [0.05, 0.1) is 29.3 Å². The largest absolute Gasteiger partial charge is 0.484 e.